The number of nitrogens with one attached hydrogen (secondary N) is 2. The van der Waals surface area contributed by atoms with E-state index in [1.165, 1.54) is 24.3 Å². The van der Waals surface area contributed by atoms with Crippen LogP contribution in [0.2, 0.25) is 0 Å². The second kappa shape index (κ2) is 9.97. The fourth-order valence-electron chi connectivity index (χ4n) is 4.83. The average molecular weight is 510 g/mol. The van der Waals surface area contributed by atoms with Crippen LogP contribution in [-0.2, 0) is 0 Å². The number of fused-ring (bicyclic) bond motifs is 1. The molecule has 5 rings (SSSR count). The molecule has 2 aliphatic heterocycles. The Kier molecular flexibility index (Phi) is 6.72. The summed E-state index contributed by atoms with van der Waals surface area (Å²) in [6, 6.07) is 10.5. The van der Waals surface area contributed by atoms with Gasteiger partial charge in [-0.25, -0.2) is 18.2 Å². The normalized spacial score (nSPS) is 17.6. The van der Waals surface area contributed by atoms with E-state index in [-0.39, 0.29) is 28.9 Å². The Morgan fingerprint density at radius 2 is 1.76 bits per heavy atom. The quantitative estimate of drug-likeness (QED) is 0.452. The van der Waals surface area contributed by atoms with Crippen molar-refractivity contribution in [3.05, 3.63) is 72.2 Å². The van der Waals surface area contributed by atoms with Crippen LogP contribution in [0.3, 0.4) is 0 Å². The summed E-state index contributed by atoms with van der Waals surface area (Å²) >= 11 is 0. The third kappa shape index (κ3) is 4.83. The third-order valence-electron chi connectivity index (χ3n) is 6.67. The maximum atomic E-state index is 15.2. The molecule has 6 nitrogen and oxygen atoms in total. The molecule has 2 aromatic carbocycles. The molecule has 0 saturated carbocycles. The van der Waals surface area contributed by atoms with Crippen molar-refractivity contribution in [2.75, 3.05) is 41.3 Å². The van der Waals surface area contributed by atoms with Crippen molar-refractivity contribution < 1.29 is 17.9 Å². The molecule has 0 radical (unpaired) electrons. The van der Waals surface area contributed by atoms with E-state index in [9.17, 15) is 8.78 Å². The Hall–Kier alpha value is -3.72. The monoisotopic (exact) mass is 509 g/mol. The lowest BCUT2D eigenvalue weighted by molar-refractivity contribution is 0.229. The highest BCUT2D eigenvalue weighted by atomic mass is 19.1. The highest BCUT2D eigenvalue weighted by Gasteiger charge is 2.32. The zero-order chi connectivity index (χ0) is 26.3. The second-order valence-electron chi connectivity index (χ2n) is 9.58. The Morgan fingerprint density at radius 1 is 1.00 bits per heavy atom. The van der Waals surface area contributed by atoms with E-state index >= 15 is 4.39 Å². The highest BCUT2D eigenvalue weighted by molar-refractivity contribution is 5.75. The zero-order valence-electron chi connectivity index (χ0n) is 21.1. The molecule has 2 aliphatic rings. The molecule has 194 valence electrons. The van der Waals surface area contributed by atoms with Gasteiger partial charge in [0.2, 0.25) is 0 Å². The van der Waals surface area contributed by atoms with Gasteiger partial charge in [-0.15, -0.1) is 0 Å². The highest BCUT2D eigenvalue weighted by Crippen LogP contribution is 2.43. The van der Waals surface area contributed by atoms with Crippen molar-refractivity contribution in [3.8, 4) is 17.0 Å². The van der Waals surface area contributed by atoms with Crippen LogP contribution in [0.25, 0.3) is 11.3 Å². The van der Waals surface area contributed by atoms with Crippen molar-refractivity contribution in [1.82, 2.24) is 10.3 Å². The van der Waals surface area contributed by atoms with Crippen molar-refractivity contribution in [1.29, 1.82) is 0 Å². The molecule has 0 amide bonds. The fraction of sp³-hybridized carbons (Fsp3) is 0.321. The molecule has 3 aromatic rings. The van der Waals surface area contributed by atoms with Gasteiger partial charge in [0.15, 0.2) is 11.6 Å². The van der Waals surface area contributed by atoms with Gasteiger partial charge >= 0.3 is 0 Å². The molecule has 1 aromatic heterocycles. The van der Waals surface area contributed by atoms with Gasteiger partial charge in [0, 0.05) is 43.5 Å². The van der Waals surface area contributed by atoms with Crippen LogP contribution in [0.1, 0.15) is 20.8 Å². The minimum absolute atomic E-state index is 0.0166. The lowest BCUT2D eigenvalue weighted by atomic mass is 10.0. The molecule has 0 spiro atoms. The number of rotatable bonds is 5. The predicted molar refractivity (Wildman–Crippen MR) is 141 cm³/mol. The van der Waals surface area contributed by atoms with Gasteiger partial charge in [0.25, 0.3) is 0 Å². The lowest BCUT2D eigenvalue weighted by Gasteiger charge is -2.39. The number of pyridine rings is 1. The summed E-state index contributed by atoms with van der Waals surface area (Å²) in [5, 5.41) is 6.29. The Bertz CT molecular complexity index is 1340. The van der Waals surface area contributed by atoms with Crippen molar-refractivity contribution in [3.63, 3.8) is 0 Å². The first-order valence-corrected chi connectivity index (χ1v) is 12.4. The van der Waals surface area contributed by atoms with Crippen molar-refractivity contribution >= 4 is 22.9 Å². The molecule has 0 bridgehead atoms. The molecule has 37 heavy (non-hydrogen) atoms. The SMILES string of the molecule is C=C1C(C)Oc2c(F)cc(-c3nc(Nc4ccc(N5CCNCC5)c(F)c4)ccc3F)cc2N1C(C)C. The molecule has 1 unspecified atom stereocenters. The summed E-state index contributed by atoms with van der Waals surface area (Å²) in [6.07, 6.45) is -0.393. The van der Waals surface area contributed by atoms with E-state index in [1.807, 2.05) is 30.6 Å². The van der Waals surface area contributed by atoms with Gasteiger partial charge < -0.3 is 25.2 Å². The number of halogens is 3. The van der Waals surface area contributed by atoms with Crippen LogP contribution < -0.4 is 25.2 Å². The summed E-state index contributed by atoms with van der Waals surface area (Å²) < 4.78 is 50.7. The van der Waals surface area contributed by atoms with Gasteiger partial charge in [0.05, 0.1) is 17.1 Å². The summed E-state index contributed by atoms with van der Waals surface area (Å²) in [7, 11) is 0. The van der Waals surface area contributed by atoms with Gasteiger partial charge in [-0.3, -0.25) is 0 Å². The average Bonchev–Trinajstić information content (AvgIpc) is 2.87. The fourth-order valence-corrected chi connectivity index (χ4v) is 4.83. The predicted octanol–water partition coefficient (Wildman–Crippen LogP) is 5.83. The number of hydrogen-bond donors (Lipinski definition) is 2. The van der Waals surface area contributed by atoms with E-state index in [1.54, 1.807) is 18.2 Å². The third-order valence-corrected chi connectivity index (χ3v) is 6.67. The summed E-state index contributed by atoms with van der Waals surface area (Å²) in [4.78, 5) is 8.28. The molecular weight excluding hydrogens is 479 g/mol. The van der Waals surface area contributed by atoms with Gasteiger partial charge in [-0.2, -0.15) is 0 Å². The van der Waals surface area contributed by atoms with Crippen molar-refractivity contribution in [2.24, 2.45) is 0 Å². The van der Waals surface area contributed by atoms with E-state index in [0.29, 0.717) is 28.6 Å². The molecule has 2 N–H and O–H groups in total. The van der Waals surface area contributed by atoms with E-state index in [4.69, 9.17) is 4.74 Å². The summed E-state index contributed by atoms with van der Waals surface area (Å²) in [5.74, 6) is -1.16. The summed E-state index contributed by atoms with van der Waals surface area (Å²) in [6.45, 7) is 12.9. The number of nitrogens with zero attached hydrogens (tertiary/aromatic N) is 3. The first kappa shape index (κ1) is 25.0. The van der Waals surface area contributed by atoms with E-state index < -0.39 is 17.7 Å². The number of ether oxygens (including phenoxy) is 1. The van der Waals surface area contributed by atoms with Crippen LogP contribution in [0, 0.1) is 17.5 Å². The maximum Gasteiger partial charge on any atom is 0.179 e. The maximum absolute atomic E-state index is 15.2. The Labute approximate surface area is 214 Å². The van der Waals surface area contributed by atoms with E-state index in [2.05, 4.69) is 22.2 Å². The minimum atomic E-state index is -0.609. The molecule has 1 saturated heterocycles. The van der Waals surface area contributed by atoms with Crippen LogP contribution in [0.5, 0.6) is 5.75 Å². The largest absolute Gasteiger partial charge is 0.479 e. The molecule has 9 heteroatoms. The molecule has 1 fully saturated rings. The number of anilines is 4. The second-order valence-corrected chi connectivity index (χ2v) is 9.58. The number of piperazine rings is 1. The smallest absolute Gasteiger partial charge is 0.179 e. The minimum Gasteiger partial charge on any atom is -0.479 e. The van der Waals surface area contributed by atoms with Gasteiger partial charge in [-0.05, 0) is 63.2 Å². The van der Waals surface area contributed by atoms with Crippen LogP contribution in [-0.4, -0.2) is 43.3 Å². The van der Waals surface area contributed by atoms with Crippen molar-refractivity contribution in [2.45, 2.75) is 32.9 Å². The van der Waals surface area contributed by atoms with Gasteiger partial charge in [-0.1, -0.05) is 6.58 Å². The van der Waals surface area contributed by atoms with E-state index in [0.717, 1.165) is 26.2 Å². The molecule has 0 aliphatic carbocycles. The Morgan fingerprint density at radius 3 is 2.46 bits per heavy atom. The first-order valence-electron chi connectivity index (χ1n) is 12.4. The topological polar surface area (TPSA) is 52.7 Å². The zero-order valence-corrected chi connectivity index (χ0v) is 21.1. The lowest BCUT2D eigenvalue weighted by Crippen LogP contribution is -2.43. The first-order chi connectivity index (χ1) is 17.7. The molecular formula is C28H30F3N5O. The van der Waals surface area contributed by atoms with Gasteiger partial charge in [0.1, 0.15) is 29.3 Å². The number of aromatic nitrogens is 1. The molecule has 3 heterocycles. The standard InChI is InChI=1S/C28H30F3N5O/c1-16(2)36-17(3)18(4)37-28-23(31)13-19(14-25(28)36)27-21(29)6-8-26(34-27)33-20-5-7-24(22(30)15-20)35-11-9-32-10-12-35/h5-8,13-16,18,32H,3,9-12H2,1-2,4H3,(H,33,34). The van der Waals surface area contributed by atoms with Crippen LogP contribution in [0.4, 0.5) is 36.1 Å². The number of benzene rings is 2. The number of hydrogen-bond acceptors (Lipinski definition) is 6. The van der Waals surface area contributed by atoms with Crippen LogP contribution in [0.15, 0.2) is 54.7 Å². The molecule has 1 atom stereocenters. The Balaban J connectivity index is 1.46. The summed E-state index contributed by atoms with van der Waals surface area (Å²) in [5.41, 5.74) is 2.40. The van der Waals surface area contributed by atoms with Crippen LogP contribution >= 0.6 is 0 Å².